The van der Waals surface area contributed by atoms with Crippen LogP contribution in [0.15, 0.2) is 40.1 Å². The molecule has 0 aromatic heterocycles. The van der Waals surface area contributed by atoms with Crippen LogP contribution in [0.5, 0.6) is 11.5 Å². The molecule has 0 fully saturated rings. The van der Waals surface area contributed by atoms with Crippen molar-refractivity contribution in [1.82, 2.24) is 0 Å². The van der Waals surface area contributed by atoms with E-state index in [0.29, 0.717) is 6.07 Å². The zero-order chi connectivity index (χ0) is 15.1. The smallest absolute Gasteiger partial charge is 0.209 e. The molecular weight excluding hydrogens is 290 g/mol. The van der Waals surface area contributed by atoms with E-state index in [4.69, 9.17) is 0 Å². The standard InChI is InChI=1S/C13H10F2O4S/c1-7-4-10(16)11(17)6-13(7)20(18,19)12-3-2-8(14)5-9(12)15/h2-6,16-17H,1H3. The second-order valence-electron chi connectivity index (χ2n) is 4.18. The number of hydrogen-bond donors (Lipinski definition) is 2. The van der Waals surface area contributed by atoms with Crippen LogP contribution in [0.1, 0.15) is 5.56 Å². The van der Waals surface area contributed by atoms with Crippen molar-refractivity contribution in [3.63, 3.8) is 0 Å². The molecular formula is C13H10F2O4S. The highest BCUT2D eigenvalue weighted by atomic mass is 32.2. The number of benzene rings is 2. The van der Waals surface area contributed by atoms with Crippen molar-refractivity contribution in [2.24, 2.45) is 0 Å². The molecule has 0 aliphatic carbocycles. The van der Waals surface area contributed by atoms with E-state index >= 15 is 0 Å². The van der Waals surface area contributed by atoms with Crippen LogP contribution in [0.4, 0.5) is 8.78 Å². The second kappa shape index (κ2) is 4.75. The molecule has 0 radical (unpaired) electrons. The molecule has 2 rings (SSSR count). The average molecular weight is 300 g/mol. The predicted octanol–water partition coefficient (Wildman–Crippen LogP) is 2.52. The summed E-state index contributed by atoms with van der Waals surface area (Å²) in [5, 5.41) is 18.7. The highest BCUT2D eigenvalue weighted by Gasteiger charge is 2.25. The molecule has 7 heteroatoms. The number of aromatic hydroxyl groups is 2. The van der Waals surface area contributed by atoms with E-state index in [1.807, 2.05) is 0 Å². The molecule has 0 spiro atoms. The van der Waals surface area contributed by atoms with Crippen LogP contribution < -0.4 is 0 Å². The van der Waals surface area contributed by atoms with Gasteiger partial charge in [-0.1, -0.05) is 0 Å². The zero-order valence-corrected chi connectivity index (χ0v) is 11.1. The van der Waals surface area contributed by atoms with Crippen molar-refractivity contribution in [3.05, 3.63) is 47.5 Å². The van der Waals surface area contributed by atoms with Gasteiger partial charge in [-0.25, -0.2) is 17.2 Å². The van der Waals surface area contributed by atoms with Crippen molar-refractivity contribution >= 4 is 9.84 Å². The lowest BCUT2D eigenvalue weighted by Gasteiger charge is -2.10. The van der Waals surface area contributed by atoms with Crippen LogP contribution in [0.2, 0.25) is 0 Å². The van der Waals surface area contributed by atoms with Crippen molar-refractivity contribution in [2.75, 3.05) is 0 Å². The minimum atomic E-state index is -4.27. The van der Waals surface area contributed by atoms with Gasteiger partial charge in [0.1, 0.15) is 16.5 Å². The number of hydrogen-bond acceptors (Lipinski definition) is 4. The van der Waals surface area contributed by atoms with Crippen LogP contribution in [0, 0.1) is 18.6 Å². The van der Waals surface area contributed by atoms with Crippen LogP contribution in [-0.4, -0.2) is 18.6 Å². The molecule has 20 heavy (non-hydrogen) atoms. The normalized spacial score (nSPS) is 11.6. The Kier molecular flexibility index (Phi) is 3.39. The van der Waals surface area contributed by atoms with Gasteiger partial charge in [-0.3, -0.25) is 0 Å². The molecule has 106 valence electrons. The van der Waals surface area contributed by atoms with E-state index in [0.717, 1.165) is 24.3 Å². The molecule has 0 aliphatic heterocycles. The number of rotatable bonds is 2. The minimum Gasteiger partial charge on any atom is -0.504 e. The Morgan fingerprint density at radius 2 is 1.55 bits per heavy atom. The Morgan fingerprint density at radius 3 is 2.15 bits per heavy atom. The Hall–Kier alpha value is -2.15. The first-order chi connectivity index (χ1) is 9.23. The van der Waals surface area contributed by atoms with Crippen molar-refractivity contribution in [2.45, 2.75) is 16.7 Å². The van der Waals surface area contributed by atoms with E-state index in [-0.39, 0.29) is 10.5 Å². The summed E-state index contributed by atoms with van der Waals surface area (Å²) in [5.74, 6) is -3.25. The van der Waals surface area contributed by atoms with E-state index in [2.05, 4.69) is 0 Å². The molecule has 0 saturated carbocycles. The topological polar surface area (TPSA) is 74.6 Å². The summed E-state index contributed by atoms with van der Waals surface area (Å²) >= 11 is 0. The summed E-state index contributed by atoms with van der Waals surface area (Å²) in [6, 6.07) is 3.96. The summed E-state index contributed by atoms with van der Waals surface area (Å²) in [6.45, 7) is 1.38. The molecule has 2 N–H and O–H groups in total. The minimum absolute atomic E-state index is 0.129. The maximum absolute atomic E-state index is 13.6. The molecule has 0 unspecified atom stereocenters. The highest BCUT2D eigenvalue weighted by molar-refractivity contribution is 7.91. The maximum atomic E-state index is 13.6. The Balaban J connectivity index is 2.70. The quantitative estimate of drug-likeness (QED) is 0.660. The summed E-state index contributed by atoms with van der Waals surface area (Å²) in [4.78, 5) is -1.06. The SMILES string of the molecule is Cc1cc(O)c(O)cc1S(=O)(=O)c1ccc(F)cc1F. The third kappa shape index (κ3) is 2.32. The first-order valence-corrected chi connectivity index (χ1v) is 6.94. The maximum Gasteiger partial charge on any atom is 0.209 e. The molecule has 0 atom stereocenters. The van der Waals surface area contributed by atoms with Gasteiger partial charge in [0.15, 0.2) is 11.5 Å². The molecule has 0 aliphatic rings. The Labute approximate surface area is 113 Å². The number of aryl methyl sites for hydroxylation is 1. The number of sulfone groups is 1. The highest BCUT2D eigenvalue weighted by Crippen LogP contribution is 2.34. The second-order valence-corrected chi connectivity index (χ2v) is 6.07. The summed E-state index contributed by atoms with van der Waals surface area (Å²) in [7, 11) is -4.27. The monoisotopic (exact) mass is 300 g/mol. The summed E-state index contributed by atoms with van der Waals surface area (Å²) in [5.41, 5.74) is 0.129. The van der Waals surface area contributed by atoms with Gasteiger partial charge in [-0.2, -0.15) is 0 Å². The lowest BCUT2D eigenvalue weighted by Crippen LogP contribution is -2.07. The van der Waals surface area contributed by atoms with Crippen LogP contribution in [0.3, 0.4) is 0 Å². The van der Waals surface area contributed by atoms with Gasteiger partial charge in [0, 0.05) is 12.1 Å². The third-order valence-electron chi connectivity index (χ3n) is 2.75. The number of phenolic OH excluding ortho intramolecular Hbond substituents is 2. The molecule has 0 bridgehead atoms. The fraction of sp³-hybridized carbons (Fsp3) is 0.0769. The van der Waals surface area contributed by atoms with E-state index in [1.165, 1.54) is 6.92 Å². The third-order valence-corrected chi connectivity index (χ3v) is 4.67. The lowest BCUT2D eigenvalue weighted by molar-refractivity contribution is 0.401. The average Bonchev–Trinajstić information content (AvgIpc) is 2.33. The fourth-order valence-electron chi connectivity index (χ4n) is 1.76. The van der Waals surface area contributed by atoms with Crippen LogP contribution in [0.25, 0.3) is 0 Å². The number of phenols is 2. The first kappa shape index (κ1) is 14.3. The van der Waals surface area contributed by atoms with E-state index in [1.54, 1.807) is 0 Å². The molecule has 2 aromatic carbocycles. The van der Waals surface area contributed by atoms with Gasteiger partial charge < -0.3 is 10.2 Å². The van der Waals surface area contributed by atoms with Crippen LogP contribution in [-0.2, 0) is 9.84 Å². The molecule has 4 nitrogen and oxygen atoms in total. The summed E-state index contributed by atoms with van der Waals surface area (Å²) in [6.07, 6.45) is 0. The molecule has 0 heterocycles. The van der Waals surface area contributed by atoms with Crippen molar-refractivity contribution < 1.29 is 27.4 Å². The largest absolute Gasteiger partial charge is 0.504 e. The van der Waals surface area contributed by atoms with Gasteiger partial charge >= 0.3 is 0 Å². The van der Waals surface area contributed by atoms with Gasteiger partial charge in [0.05, 0.1) is 4.90 Å². The first-order valence-electron chi connectivity index (χ1n) is 5.46. The van der Waals surface area contributed by atoms with E-state index in [9.17, 15) is 27.4 Å². The Morgan fingerprint density at radius 1 is 0.950 bits per heavy atom. The van der Waals surface area contributed by atoms with Gasteiger partial charge in [0.25, 0.3) is 0 Å². The number of halogens is 2. The molecule has 0 saturated heterocycles. The lowest BCUT2D eigenvalue weighted by atomic mass is 10.2. The zero-order valence-electron chi connectivity index (χ0n) is 10.3. The predicted molar refractivity (Wildman–Crippen MR) is 66.3 cm³/mol. The van der Waals surface area contributed by atoms with Crippen LogP contribution >= 0.6 is 0 Å². The van der Waals surface area contributed by atoms with Gasteiger partial charge in [-0.05, 0) is 30.7 Å². The Bertz CT molecular complexity index is 785. The van der Waals surface area contributed by atoms with Gasteiger partial charge in [0.2, 0.25) is 9.84 Å². The van der Waals surface area contributed by atoms with Crippen molar-refractivity contribution in [3.8, 4) is 11.5 Å². The fourth-order valence-corrected chi connectivity index (χ4v) is 3.31. The van der Waals surface area contributed by atoms with Gasteiger partial charge in [-0.15, -0.1) is 0 Å². The molecule has 2 aromatic rings. The van der Waals surface area contributed by atoms with E-state index < -0.39 is 37.9 Å². The summed E-state index contributed by atoms with van der Waals surface area (Å²) < 4.78 is 51.0. The molecule has 0 amide bonds. The van der Waals surface area contributed by atoms with Crippen molar-refractivity contribution in [1.29, 1.82) is 0 Å².